The number of nitrogens with zero attached hydrogens (tertiary/aromatic N) is 3. The van der Waals surface area contributed by atoms with E-state index in [1.54, 1.807) is 12.1 Å². The van der Waals surface area contributed by atoms with E-state index in [2.05, 4.69) is 15.3 Å². The summed E-state index contributed by atoms with van der Waals surface area (Å²) >= 11 is 0. The van der Waals surface area contributed by atoms with Crippen LogP contribution in [0, 0.1) is 22.7 Å². The van der Waals surface area contributed by atoms with Gasteiger partial charge in [0.25, 0.3) is 0 Å². The topological polar surface area (TPSA) is 81.2 Å². The van der Waals surface area contributed by atoms with Crippen LogP contribution in [0.25, 0.3) is 0 Å². The summed E-state index contributed by atoms with van der Waals surface area (Å²) < 4.78 is 39.4. The van der Waals surface area contributed by atoms with Crippen LogP contribution in [0.4, 0.5) is 13.2 Å². The number of hydrogen-bond donors (Lipinski definition) is 1. The van der Waals surface area contributed by atoms with Gasteiger partial charge in [0.2, 0.25) is 5.71 Å². The lowest BCUT2D eigenvalue weighted by Gasteiger charge is -2.09. The molecule has 0 bridgehead atoms. The molecule has 0 aromatic heterocycles. The fourth-order valence-corrected chi connectivity index (χ4v) is 1.09. The Bertz CT molecular complexity index is 521. The highest BCUT2D eigenvalue weighted by atomic mass is 19.4. The second-order valence-electron chi connectivity index (χ2n) is 3.21. The molecule has 1 rings (SSSR count). The summed E-state index contributed by atoms with van der Waals surface area (Å²) in [5.74, 6) is -0.325. The van der Waals surface area contributed by atoms with E-state index in [1.165, 1.54) is 12.1 Å². The Hall–Kier alpha value is -2.74. The van der Waals surface area contributed by atoms with Gasteiger partial charge in [-0.3, -0.25) is 0 Å². The third kappa shape index (κ3) is 5.41. The molecule has 0 unspecified atom stereocenters. The molecule has 0 heterocycles. The molecule has 0 spiro atoms. The highest BCUT2D eigenvalue weighted by molar-refractivity contribution is 6.09. The van der Waals surface area contributed by atoms with Gasteiger partial charge in [0, 0.05) is 0 Å². The fraction of sp³-hybridized carbons (Fsp3) is 0.182. The van der Waals surface area contributed by atoms with Gasteiger partial charge in [-0.1, -0.05) is 12.1 Å². The van der Waals surface area contributed by atoms with Gasteiger partial charge in [-0.05, 0) is 17.7 Å². The van der Waals surface area contributed by atoms with Crippen molar-refractivity contribution in [3.63, 3.8) is 0 Å². The van der Waals surface area contributed by atoms with Crippen molar-refractivity contribution in [2.75, 3.05) is 0 Å². The second kappa shape index (κ2) is 6.26. The molecule has 1 aromatic carbocycles. The van der Waals surface area contributed by atoms with Gasteiger partial charge >= 0.3 is 6.36 Å². The largest absolute Gasteiger partial charge is 0.573 e. The maximum atomic E-state index is 11.9. The molecular formula is C11H7F3N4O. The van der Waals surface area contributed by atoms with Crippen LogP contribution in [-0.2, 0) is 6.54 Å². The number of alkyl halides is 3. The molecule has 0 saturated carbocycles. The molecule has 0 aliphatic carbocycles. The van der Waals surface area contributed by atoms with Gasteiger partial charge < -0.3 is 10.2 Å². The zero-order valence-electron chi connectivity index (χ0n) is 9.40. The van der Waals surface area contributed by atoms with Crippen LogP contribution >= 0.6 is 0 Å². The molecule has 1 N–H and O–H groups in total. The quantitative estimate of drug-likeness (QED) is 0.669. The van der Waals surface area contributed by atoms with Crippen molar-refractivity contribution in [1.82, 2.24) is 5.43 Å². The van der Waals surface area contributed by atoms with Gasteiger partial charge in [0.1, 0.15) is 17.9 Å². The first-order valence-corrected chi connectivity index (χ1v) is 4.90. The number of rotatable bonds is 4. The summed E-state index contributed by atoms with van der Waals surface area (Å²) in [4.78, 5) is 0. The summed E-state index contributed by atoms with van der Waals surface area (Å²) in [6, 6.07) is 8.23. The summed E-state index contributed by atoms with van der Waals surface area (Å²) in [5, 5.41) is 20.3. The average Bonchev–Trinajstić information content (AvgIpc) is 2.35. The van der Waals surface area contributed by atoms with E-state index in [-0.39, 0.29) is 18.0 Å². The lowest BCUT2D eigenvalue weighted by atomic mass is 10.2. The first-order chi connectivity index (χ1) is 8.94. The maximum absolute atomic E-state index is 11.9. The number of ether oxygens (including phenoxy) is 1. The Morgan fingerprint density at radius 3 is 2.26 bits per heavy atom. The second-order valence-corrected chi connectivity index (χ2v) is 3.21. The van der Waals surface area contributed by atoms with Crippen LogP contribution < -0.4 is 10.2 Å². The number of benzene rings is 1. The Morgan fingerprint density at radius 2 is 1.79 bits per heavy atom. The van der Waals surface area contributed by atoms with Crippen LogP contribution in [0.2, 0.25) is 0 Å². The van der Waals surface area contributed by atoms with Crippen molar-refractivity contribution in [1.29, 1.82) is 10.5 Å². The summed E-state index contributed by atoms with van der Waals surface area (Å²) in [6.07, 6.45) is -4.72. The van der Waals surface area contributed by atoms with E-state index < -0.39 is 6.36 Å². The van der Waals surface area contributed by atoms with Crippen LogP contribution in [0.3, 0.4) is 0 Å². The van der Waals surface area contributed by atoms with Gasteiger partial charge in [-0.15, -0.1) is 13.2 Å². The van der Waals surface area contributed by atoms with Crippen LogP contribution in [0.15, 0.2) is 29.4 Å². The van der Waals surface area contributed by atoms with Gasteiger partial charge in [0.15, 0.2) is 0 Å². The first kappa shape index (κ1) is 14.3. The van der Waals surface area contributed by atoms with E-state index in [9.17, 15) is 13.2 Å². The molecule has 1 aromatic rings. The Kier molecular flexibility index (Phi) is 4.72. The Labute approximate surface area is 106 Å². The Balaban J connectivity index is 2.57. The zero-order chi connectivity index (χ0) is 14.3. The van der Waals surface area contributed by atoms with E-state index >= 15 is 0 Å². The number of halogens is 3. The highest BCUT2D eigenvalue weighted by Gasteiger charge is 2.30. The Morgan fingerprint density at radius 1 is 1.21 bits per heavy atom. The number of nitriles is 2. The highest BCUT2D eigenvalue weighted by Crippen LogP contribution is 2.22. The minimum atomic E-state index is -4.72. The number of nitrogens with one attached hydrogen (secondary N) is 1. The molecule has 0 amide bonds. The van der Waals surface area contributed by atoms with Crippen molar-refractivity contribution in [2.24, 2.45) is 5.10 Å². The molecule has 19 heavy (non-hydrogen) atoms. The van der Waals surface area contributed by atoms with Crippen molar-refractivity contribution < 1.29 is 17.9 Å². The molecule has 0 atom stereocenters. The van der Waals surface area contributed by atoms with Gasteiger partial charge in [0.05, 0.1) is 6.54 Å². The summed E-state index contributed by atoms with van der Waals surface area (Å²) in [5.41, 5.74) is 2.73. The predicted octanol–water partition coefficient (Wildman–Crippen LogP) is 2.08. The van der Waals surface area contributed by atoms with Crippen LogP contribution in [0.1, 0.15) is 5.56 Å². The standard InChI is InChI=1S/C11H7F3N4O/c12-11(13,14)19-10-3-1-8(2-4-10)7-17-18-9(5-15)6-16/h1-4,17H,7H2. The number of hydrogen-bond acceptors (Lipinski definition) is 5. The minimum absolute atomic E-state index is 0.166. The molecule has 0 radical (unpaired) electrons. The zero-order valence-corrected chi connectivity index (χ0v) is 9.40. The lowest BCUT2D eigenvalue weighted by molar-refractivity contribution is -0.274. The van der Waals surface area contributed by atoms with Crippen LogP contribution in [-0.4, -0.2) is 12.1 Å². The minimum Gasteiger partial charge on any atom is -0.406 e. The third-order valence-corrected chi connectivity index (χ3v) is 1.84. The molecule has 8 heteroatoms. The van der Waals surface area contributed by atoms with Crippen molar-refractivity contribution in [3.05, 3.63) is 29.8 Å². The molecule has 0 fully saturated rings. The molecule has 0 aliphatic rings. The van der Waals surface area contributed by atoms with Crippen molar-refractivity contribution in [3.8, 4) is 17.9 Å². The van der Waals surface area contributed by atoms with E-state index in [1.807, 2.05) is 0 Å². The van der Waals surface area contributed by atoms with E-state index in [0.29, 0.717) is 5.56 Å². The average molecular weight is 268 g/mol. The molecule has 0 aliphatic heterocycles. The van der Waals surface area contributed by atoms with E-state index in [0.717, 1.165) is 12.1 Å². The molecule has 5 nitrogen and oxygen atoms in total. The van der Waals surface area contributed by atoms with Gasteiger partial charge in [-0.2, -0.15) is 15.6 Å². The first-order valence-electron chi connectivity index (χ1n) is 4.90. The monoisotopic (exact) mass is 268 g/mol. The summed E-state index contributed by atoms with van der Waals surface area (Å²) in [7, 11) is 0. The molecule has 0 saturated heterocycles. The van der Waals surface area contributed by atoms with Gasteiger partial charge in [-0.25, -0.2) is 0 Å². The maximum Gasteiger partial charge on any atom is 0.573 e. The fourth-order valence-electron chi connectivity index (χ4n) is 1.09. The molecule has 98 valence electrons. The van der Waals surface area contributed by atoms with Crippen molar-refractivity contribution >= 4 is 5.71 Å². The lowest BCUT2D eigenvalue weighted by Crippen LogP contribution is -2.17. The third-order valence-electron chi connectivity index (χ3n) is 1.84. The SMILES string of the molecule is N#CC(C#N)=NNCc1ccc(OC(F)(F)F)cc1. The van der Waals surface area contributed by atoms with E-state index in [4.69, 9.17) is 10.5 Å². The number of hydrazone groups is 1. The van der Waals surface area contributed by atoms with Crippen LogP contribution in [0.5, 0.6) is 5.75 Å². The predicted molar refractivity (Wildman–Crippen MR) is 58.6 cm³/mol. The van der Waals surface area contributed by atoms with Crippen molar-refractivity contribution in [2.45, 2.75) is 12.9 Å². The summed E-state index contributed by atoms with van der Waals surface area (Å²) in [6.45, 7) is 0.166. The smallest absolute Gasteiger partial charge is 0.406 e. The molecular weight excluding hydrogens is 261 g/mol. The normalized spacial score (nSPS) is 9.95.